The fourth-order valence-electron chi connectivity index (χ4n) is 1.10. The fraction of sp³-hybridized carbons (Fsp3) is 0.222. The van der Waals surface area contributed by atoms with Gasteiger partial charge in [0.05, 0.1) is 15.9 Å². The van der Waals surface area contributed by atoms with Crippen LogP contribution in [0.5, 0.6) is 0 Å². The molecule has 0 spiro atoms. The first-order chi connectivity index (χ1) is 7.89. The second-order valence-corrected chi connectivity index (χ2v) is 5.22. The summed E-state index contributed by atoms with van der Waals surface area (Å²) < 4.78 is 24.5. The molecule has 0 saturated heterocycles. The second-order valence-electron chi connectivity index (χ2n) is 3.17. The van der Waals surface area contributed by atoms with Crippen molar-refractivity contribution in [2.24, 2.45) is 0 Å². The molecular weight excluding hydrogens is 246 g/mol. The van der Waals surface area contributed by atoms with Crippen LogP contribution in [0.1, 0.15) is 0 Å². The van der Waals surface area contributed by atoms with E-state index in [1.807, 2.05) is 0 Å². The van der Waals surface area contributed by atoms with Crippen molar-refractivity contribution < 1.29 is 13.3 Å². The summed E-state index contributed by atoms with van der Waals surface area (Å²) in [7, 11) is -2.49. The molecule has 1 rings (SSSR count). The first kappa shape index (κ1) is 13.1. The van der Waals surface area contributed by atoms with Crippen molar-refractivity contribution in [3.8, 4) is 6.07 Å². The molecule has 0 radical (unpaired) electrons. The minimum atomic E-state index is -3.76. The summed E-state index contributed by atoms with van der Waals surface area (Å²) >= 11 is 0. The van der Waals surface area contributed by atoms with Crippen molar-refractivity contribution in [1.29, 1.82) is 5.26 Å². The number of sulfonamides is 1. The number of nitrogens with zero attached hydrogens (tertiary/aromatic N) is 3. The topological polar surface area (TPSA) is 104 Å². The molecule has 0 N–H and O–H groups in total. The van der Waals surface area contributed by atoms with Crippen LogP contribution in [0.4, 0.5) is 5.69 Å². The molecule has 0 amide bonds. The van der Waals surface area contributed by atoms with Crippen LogP contribution in [-0.2, 0) is 10.0 Å². The molecule has 0 atom stereocenters. The van der Waals surface area contributed by atoms with E-state index in [0.717, 1.165) is 28.6 Å². The Morgan fingerprint density at radius 3 is 2.35 bits per heavy atom. The number of hydrogen-bond acceptors (Lipinski definition) is 5. The largest absolute Gasteiger partial charge is 0.269 e. The third-order valence-corrected chi connectivity index (χ3v) is 3.87. The lowest BCUT2D eigenvalue weighted by Gasteiger charge is -2.12. The summed E-state index contributed by atoms with van der Waals surface area (Å²) in [6, 6.07) is 6.20. The Kier molecular flexibility index (Phi) is 3.77. The Balaban J connectivity index is 3.09. The number of benzene rings is 1. The van der Waals surface area contributed by atoms with E-state index < -0.39 is 14.9 Å². The third-order valence-electron chi connectivity index (χ3n) is 2.05. The molecule has 0 aliphatic heterocycles. The average Bonchev–Trinajstić information content (AvgIpc) is 2.29. The van der Waals surface area contributed by atoms with E-state index in [0.29, 0.717) is 0 Å². The van der Waals surface area contributed by atoms with Gasteiger partial charge in [-0.15, -0.1) is 0 Å². The van der Waals surface area contributed by atoms with Crippen molar-refractivity contribution in [3.05, 3.63) is 34.4 Å². The summed E-state index contributed by atoms with van der Waals surface area (Å²) in [5, 5.41) is 18.8. The summed E-state index contributed by atoms with van der Waals surface area (Å²) in [5.74, 6) is 0. The average molecular weight is 255 g/mol. The number of hydrogen-bond donors (Lipinski definition) is 0. The maximum absolute atomic E-state index is 11.8. The molecule has 0 unspecified atom stereocenters. The molecule has 0 aliphatic carbocycles. The Morgan fingerprint density at radius 1 is 1.41 bits per heavy atom. The van der Waals surface area contributed by atoms with E-state index in [9.17, 15) is 18.5 Å². The van der Waals surface area contributed by atoms with Crippen LogP contribution < -0.4 is 0 Å². The van der Waals surface area contributed by atoms with Crippen molar-refractivity contribution >= 4 is 15.7 Å². The van der Waals surface area contributed by atoms with Crippen molar-refractivity contribution in [2.45, 2.75) is 4.90 Å². The van der Waals surface area contributed by atoms with Gasteiger partial charge in [-0.25, -0.2) is 8.42 Å². The molecule has 0 fully saturated rings. The highest BCUT2D eigenvalue weighted by atomic mass is 32.2. The maximum atomic E-state index is 11.8. The SMILES string of the molecule is CN(CC#N)S(=O)(=O)c1ccc([N+](=O)[O-])cc1. The number of non-ortho nitro benzene ring substituents is 1. The van der Waals surface area contributed by atoms with Gasteiger partial charge < -0.3 is 0 Å². The molecule has 0 aliphatic rings. The molecule has 0 bridgehead atoms. The first-order valence-corrected chi connectivity index (χ1v) is 5.91. The quantitative estimate of drug-likeness (QED) is 0.448. The van der Waals surface area contributed by atoms with Gasteiger partial charge in [0.25, 0.3) is 5.69 Å². The minimum absolute atomic E-state index is 0.0825. The van der Waals surface area contributed by atoms with E-state index >= 15 is 0 Å². The lowest BCUT2D eigenvalue weighted by atomic mass is 10.3. The number of rotatable bonds is 4. The standard InChI is InChI=1S/C9H9N3O4S/c1-11(7-6-10)17(15,16)9-4-2-8(3-5-9)12(13)14/h2-5H,7H2,1H3. The third kappa shape index (κ3) is 2.77. The van der Waals surface area contributed by atoms with Gasteiger partial charge in [-0.3, -0.25) is 10.1 Å². The highest BCUT2D eigenvalue weighted by molar-refractivity contribution is 7.89. The van der Waals surface area contributed by atoms with Crippen molar-refractivity contribution in [2.75, 3.05) is 13.6 Å². The van der Waals surface area contributed by atoms with Crippen LogP contribution in [0.2, 0.25) is 0 Å². The molecule has 7 nitrogen and oxygen atoms in total. The molecule has 1 aromatic carbocycles. The summed E-state index contributed by atoms with van der Waals surface area (Å²) in [5.41, 5.74) is -0.188. The first-order valence-electron chi connectivity index (χ1n) is 4.47. The van der Waals surface area contributed by atoms with E-state index in [1.54, 1.807) is 6.07 Å². The molecule has 0 saturated carbocycles. The van der Waals surface area contributed by atoms with Crippen LogP contribution in [0, 0.1) is 21.4 Å². The van der Waals surface area contributed by atoms with E-state index in [-0.39, 0.29) is 17.1 Å². The van der Waals surface area contributed by atoms with Crippen LogP contribution in [0.15, 0.2) is 29.2 Å². The van der Waals surface area contributed by atoms with E-state index in [2.05, 4.69) is 0 Å². The van der Waals surface area contributed by atoms with Gasteiger partial charge in [-0.05, 0) is 12.1 Å². The number of nitriles is 1. The van der Waals surface area contributed by atoms with Gasteiger partial charge in [-0.2, -0.15) is 9.57 Å². The zero-order chi connectivity index (χ0) is 13.1. The van der Waals surface area contributed by atoms with Crippen molar-refractivity contribution in [1.82, 2.24) is 4.31 Å². The second kappa shape index (κ2) is 4.90. The van der Waals surface area contributed by atoms with Gasteiger partial charge in [0, 0.05) is 19.2 Å². The molecule has 90 valence electrons. The van der Waals surface area contributed by atoms with Gasteiger partial charge in [0.15, 0.2) is 0 Å². The molecule has 17 heavy (non-hydrogen) atoms. The summed E-state index contributed by atoms with van der Waals surface area (Å²) in [6.45, 7) is -0.278. The molecule has 0 heterocycles. The van der Waals surface area contributed by atoms with E-state index in [4.69, 9.17) is 5.26 Å². The molecule has 8 heteroatoms. The van der Waals surface area contributed by atoms with Crippen molar-refractivity contribution in [3.63, 3.8) is 0 Å². The van der Waals surface area contributed by atoms with Gasteiger partial charge in [-0.1, -0.05) is 0 Å². The number of nitro benzene ring substituents is 1. The van der Waals surface area contributed by atoms with Gasteiger partial charge in [0.2, 0.25) is 10.0 Å². The zero-order valence-electron chi connectivity index (χ0n) is 8.90. The maximum Gasteiger partial charge on any atom is 0.269 e. The lowest BCUT2D eigenvalue weighted by molar-refractivity contribution is -0.384. The van der Waals surface area contributed by atoms with Crippen LogP contribution >= 0.6 is 0 Å². The zero-order valence-corrected chi connectivity index (χ0v) is 9.72. The number of nitro groups is 1. The van der Waals surface area contributed by atoms with Crippen LogP contribution in [0.25, 0.3) is 0 Å². The van der Waals surface area contributed by atoms with Gasteiger partial charge in [0.1, 0.15) is 6.54 Å². The monoisotopic (exact) mass is 255 g/mol. The summed E-state index contributed by atoms with van der Waals surface area (Å²) in [4.78, 5) is 9.70. The Bertz CT molecular complexity index is 559. The highest BCUT2D eigenvalue weighted by Crippen LogP contribution is 2.18. The predicted octanol–water partition coefficient (Wildman–Crippen LogP) is 0.739. The Labute approximate surface area is 98.1 Å². The van der Waals surface area contributed by atoms with Gasteiger partial charge >= 0.3 is 0 Å². The normalized spacial score (nSPS) is 11.1. The molecular formula is C9H9N3O4S. The highest BCUT2D eigenvalue weighted by Gasteiger charge is 2.21. The van der Waals surface area contributed by atoms with Crippen LogP contribution in [-0.4, -0.2) is 31.2 Å². The van der Waals surface area contributed by atoms with E-state index in [1.165, 1.54) is 7.05 Å². The fourth-order valence-corrected chi connectivity index (χ4v) is 2.17. The minimum Gasteiger partial charge on any atom is -0.258 e. The molecule has 0 aromatic heterocycles. The molecule has 1 aromatic rings. The smallest absolute Gasteiger partial charge is 0.258 e. The predicted molar refractivity (Wildman–Crippen MR) is 58.5 cm³/mol. The lowest BCUT2D eigenvalue weighted by Crippen LogP contribution is -2.27. The van der Waals surface area contributed by atoms with Crippen LogP contribution in [0.3, 0.4) is 0 Å². The Morgan fingerprint density at radius 2 is 1.94 bits per heavy atom. The summed E-state index contributed by atoms with van der Waals surface area (Å²) in [6.07, 6.45) is 0. The Hall–Kier alpha value is -1.98.